The lowest BCUT2D eigenvalue weighted by atomic mass is 10.1. The summed E-state index contributed by atoms with van der Waals surface area (Å²) in [4.78, 5) is 16.0. The average molecular weight is 317 g/mol. The van der Waals surface area contributed by atoms with Crippen molar-refractivity contribution >= 4 is 17.9 Å². The molecule has 0 spiro atoms. The van der Waals surface area contributed by atoms with Gasteiger partial charge in [-0.1, -0.05) is 36.4 Å². The molecule has 0 aromatic carbocycles. The fraction of sp³-hybridized carbons (Fsp3) is 0.235. The average Bonchev–Trinajstić information content (AvgIpc) is 3.05. The van der Waals surface area contributed by atoms with E-state index in [-0.39, 0.29) is 5.91 Å². The summed E-state index contributed by atoms with van der Waals surface area (Å²) in [6, 6.07) is 1.57. The molecular formula is C17H23N3O3. The molecule has 23 heavy (non-hydrogen) atoms. The second-order valence-corrected chi connectivity index (χ2v) is 4.13. The fourth-order valence-corrected chi connectivity index (χ4v) is 1.47. The van der Waals surface area contributed by atoms with Crippen LogP contribution >= 0.6 is 0 Å². The molecule has 0 radical (unpaired) electrons. The smallest absolute Gasteiger partial charge is 0.256 e. The van der Waals surface area contributed by atoms with Crippen molar-refractivity contribution in [3.63, 3.8) is 0 Å². The van der Waals surface area contributed by atoms with Crippen LogP contribution < -0.4 is 5.32 Å². The van der Waals surface area contributed by atoms with Crippen LogP contribution in [0.25, 0.3) is 0 Å². The van der Waals surface area contributed by atoms with Gasteiger partial charge in [-0.15, -0.1) is 0 Å². The molecule has 1 rings (SSSR count). The number of nitrogens with one attached hydrogen (secondary N) is 1. The Morgan fingerprint density at radius 3 is 2.78 bits per heavy atom. The zero-order valence-corrected chi connectivity index (χ0v) is 13.7. The van der Waals surface area contributed by atoms with E-state index >= 15 is 0 Å². The van der Waals surface area contributed by atoms with Gasteiger partial charge in [-0.3, -0.25) is 9.79 Å². The van der Waals surface area contributed by atoms with E-state index in [0.717, 1.165) is 19.1 Å². The molecule has 6 nitrogen and oxygen atoms in total. The van der Waals surface area contributed by atoms with E-state index in [1.54, 1.807) is 18.2 Å². The number of rotatable bonds is 7. The highest BCUT2D eigenvalue weighted by Gasteiger charge is 2.07. The van der Waals surface area contributed by atoms with E-state index in [0.29, 0.717) is 11.4 Å². The predicted octanol–water partition coefficient (Wildman–Crippen LogP) is 3.27. The number of anilines is 1. The van der Waals surface area contributed by atoms with Crippen LogP contribution in [0, 0.1) is 0 Å². The zero-order valence-electron chi connectivity index (χ0n) is 13.7. The monoisotopic (exact) mass is 317 g/mol. The third-order valence-corrected chi connectivity index (χ3v) is 2.44. The summed E-state index contributed by atoms with van der Waals surface area (Å²) in [5.41, 5.74) is 1.53. The maximum absolute atomic E-state index is 12.2. The first kappa shape index (κ1) is 20.3. The van der Waals surface area contributed by atoms with E-state index in [2.05, 4.69) is 39.6 Å². The van der Waals surface area contributed by atoms with Gasteiger partial charge in [-0.25, -0.2) is 0 Å². The van der Waals surface area contributed by atoms with Crippen LogP contribution in [0.2, 0.25) is 0 Å². The molecule has 6 heteroatoms. The summed E-state index contributed by atoms with van der Waals surface area (Å²) in [6.07, 6.45) is 12.5. The Kier molecular flexibility index (Phi) is 11.4. The molecule has 1 heterocycles. The third kappa shape index (κ3) is 9.00. The van der Waals surface area contributed by atoms with Gasteiger partial charge in [0, 0.05) is 31.2 Å². The third-order valence-electron chi connectivity index (χ3n) is 2.44. The standard InChI is InChI=1S/C16H19N3O2.CH4O/c1-4-6-13(3)7-8-14(9-11-17-5-2)16(20)18-15-10-12-21-19-15;1-2/h5-12H,2,4H2,1,3H3,(H,18,19,20);2H,1H3/b8-7-,13-6+,14-9+,17-11?;. The molecule has 0 aliphatic carbocycles. The molecule has 1 amide bonds. The minimum absolute atomic E-state index is 0.292. The summed E-state index contributed by atoms with van der Waals surface area (Å²) in [6.45, 7) is 7.52. The highest BCUT2D eigenvalue weighted by molar-refractivity contribution is 6.07. The normalized spacial score (nSPS) is 12.2. The molecule has 1 aromatic heterocycles. The maximum Gasteiger partial charge on any atom is 0.256 e. The Morgan fingerprint density at radius 2 is 2.22 bits per heavy atom. The second-order valence-electron chi connectivity index (χ2n) is 4.13. The number of amides is 1. The van der Waals surface area contributed by atoms with Crippen molar-refractivity contribution < 1.29 is 14.4 Å². The zero-order chi connectivity index (χ0) is 17.5. The Balaban J connectivity index is 0.00000232. The number of aliphatic hydroxyl groups is 1. The highest BCUT2D eigenvalue weighted by Crippen LogP contribution is 2.07. The second kappa shape index (κ2) is 13.0. The van der Waals surface area contributed by atoms with Gasteiger partial charge in [0.1, 0.15) is 6.26 Å². The van der Waals surface area contributed by atoms with Crippen LogP contribution in [0.5, 0.6) is 0 Å². The number of carbonyl (C=O) groups excluding carboxylic acids is 1. The van der Waals surface area contributed by atoms with Crippen LogP contribution in [-0.4, -0.2) is 29.5 Å². The van der Waals surface area contributed by atoms with Gasteiger partial charge < -0.3 is 14.9 Å². The Bertz CT molecular complexity index is 582. The molecule has 0 bridgehead atoms. The molecule has 2 N–H and O–H groups in total. The first-order valence-corrected chi connectivity index (χ1v) is 7.03. The Morgan fingerprint density at radius 1 is 1.48 bits per heavy atom. The maximum atomic E-state index is 12.2. The minimum Gasteiger partial charge on any atom is -0.400 e. The number of hydrogen-bond acceptors (Lipinski definition) is 5. The number of nitrogens with zero attached hydrogens (tertiary/aromatic N) is 2. The summed E-state index contributed by atoms with van der Waals surface area (Å²) < 4.78 is 4.67. The lowest BCUT2D eigenvalue weighted by Crippen LogP contribution is -2.13. The molecule has 124 valence electrons. The molecule has 0 atom stereocenters. The van der Waals surface area contributed by atoms with Crippen molar-refractivity contribution in [3.05, 3.63) is 60.6 Å². The Labute approximate surface area is 136 Å². The predicted molar refractivity (Wildman–Crippen MR) is 93.2 cm³/mol. The van der Waals surface area contributed by atoms with Gasteiger partial charge in [0.2, 0.25) is 0 Å². The van der Waals surface area contributed by atoms with E-state index < -0.39 is 0 Å². The van der Waals surface area contributed by atoms with Gasteiger partial charge in [0.15, 0.2) is 5.82 Å². The van der Waals surface area contributed by atoms with E-state index in [4.69, 9.17) is 5.11 Å². The molecular weight excluding hydrogens is 294 g/mol. The van der Waals surface area contributed by atoms with Gasteiger partial charge in [0.05, 0.1) is 0 Å². The van der Waals surface area contributed by atoms with E-state index in [9.17, 15) is 4.79 Å². The van der Waals surface area contributed by atoms with Crippen LogP contribution in [0.1, 0.15) is 20.3 Å². The van der Waals surface area contributed by atoms with Crippen molar-refractivity contribution in [1.29, 1.82) is 0 Å². The van der Waals surface area contributed by atoms with Gasteiger partial charge in [-0.2, -0.15) is 0 Å². The van der Waals surface area contributed by atoms with E-state index in [1.165, 1.54) is 18.7 Å². The number of allylic oxidation sites excluding steroid dienone is 4. The molecule has 0 unspecified atom stereocenters. The van der Waals surface area contributed by atoms with Crippen molar-refractivity contribution in [3.8, 4) is 0 Å². The lowest BCUT2D eigenvalue weighted by Gasteiger charge is -2.01. The largest absolute Gasteiger partial charge is 0.400 e. The first-order valence-electron chi connectivity index (χ1n) is 7.03. The molecule has 0 saturated carbocycles. The number of carbonyl (C=O) groups is 1. The van der Waals surface area contributed by atoms with Gasteiger partial charge >= 0.3 is 0 Å². The van der Waals surface area contributed by atoms with Crippen molar-refractivity contribution in [2.24, 2.45) is 4.99 Å². The van der Waals surface area contributed by atoms with Gasteiger partial charge in [-0.05, 0) is 25.5 Å². The van der Waals surface area contributed by atoms with Crippen molar-refractivity contribution in [2.75, 3.05) is 12.4 Å². The summed E-state index contributed by atoms with van der Waals surface area (Å²) in [7, 11) is 1.00. The topological polar surface area (TPSA) is 87.7 Å². The number of aromatic nitrogens is 1. The number of aliphatic hydroxyl groups excluding tert-OH is 1. The first-order chi connectivity index (χ1) is 11.2. The van der Waals surface area contributed by atoms with Crippen LogP contribution in [0.15, 0.2) is 70.1 Å². The molecule has 0 aliphatic rings. The minimum atomic E-state index is -0.292. The van der Waals surface area contributed by atoms with Crippen LogP contribution in [0.3, 0.4) is 0 Å². The molecule has 0 aliphatic heterocycles. The van der Waals surface area contributed by atoms with Crippen LogP contribution in [-0.2, 0) is 4.79 Å². The van der Waals surface area contributed by atoms with Crippen molar-refractivity contribution in [1.82, 2.24) is 5.16 Å². The van der Waals surface area contributed by atoms with Crippen molar-refractivity contribution in [2.45, 2.75) is 20.3 Å². The van der Waals surface area contributed by atoms with E-state index in [1.807, 2.05) is 13.0 Å². The molecule has 0 saturated heterocycles. The number of aliphatic imine (C=N–C) groups is 1. The van der Waals surface area contributed by atoms with Gasteiger partial charge in [0.25, 0.3) is 5.91 Å². The lowest BCUT2D eigenvalue weighted by molar-refractivity contribution is -0.112. The Hall–Kier alpha value is -2.73. The quantitative estimate of drug-likeness (QED) is 0.459. The number of hydrogen-bond donors (Lipinski definition) is 2. The summed E-state index contributed by atoms with van der Waals surface area (Å²) in [5, 5.41) is 13.3. The SMILES string of the molecule is C=CN=C\C=C(/C=C\C(C)=C\CC)C(=O)Nc1ccon1.CO. The molecule has 0 fully saturated rings. The highest BCUT2D eigenvalue weighted by atomic mass is 16.5. The summed E-state index contributed by atoms with van der Waals surface area (Å²) >= 11 is 0. The summed E-state index contributed by atoms with van der Waals surface area (Å²) in [5.74, 6) is 0.0701. The van der Waals surface area contributed by atoms with Crippen LogP contribution in [0.4, 0.5) is 5.82 Å². The fourth-order valence-electron chi connectivity index (χ4n) is 1.47. The molecule has 1 aromatic rings.